The van der Waals surface area contributed by atoms with Gasteiger partial charge in [-0.25, -0.2) is 0 Å². The first-order valence-corrected chi connectivity index (χ1v) is 8.47. The molecule has 0 radical (unpaired) electrons. The molecule has 1 aliphatic carbocycles. The van der Waals surface area contributed by atoms with Gasteiger partial charge < -0.3 is 5.32 Å². The Labute approximate surface area is 115 Å². The van der Waals surface area contributed by atoms with Gasteiger partial charge in [-0.2, -0.15) is 0 Å². The second-order valence-corrected chi connectivity index (χ2v) is 6.58. The molecule has 3 atom stereocenters. The molecule has 1 fully saturated rings. The Balaban J connectivity index is 2.10. The maximum Gasteiger partial charge on any atom is 0.00928 e. The first-order chi connectivity index (χ1) is 8.74. The molecule has 1 saturated carbocycles. The van der Waals surface area contributed by atoms with Crippen LogP contribution < -0.4 is 5.32 Å². The van der Waals surface area contributed by atoms with Crippen molar-refractivity contribution >= 4 is 0 Å². The van der Waals surface area contributed by atoms with Gasteiger partial charge in [0, 0.05) is 6.04 Å². The molecule has 0 aliphatic heterocycles. The average molecular weight is 253 g/mol. The maximum absolute atomic E-state index is 3.85. The molecule has 1 heteroatoms. The minimum atomic E-state index is 0.797. The van der Waals surface area contributed by atoms with Crippen LogP contribution in [-0.2, 0) is 0 Å². The highest BCUT2D eigenvalue weighted by atomic mass is 14.9. The summed E-state index contributed by atoms with van der Waals surface area (Å²) in [7, 11) is 0. The van der Waals surface area contributed by atoms with Gasteiger partial charge in [0.2, 0.25) is 0 Å². The van der Waals surface area contributed by atoms with Crippen LogP contribution >= 0.6 is 0 Å². The zero-order valence-electron chi connectivity index (χ0n) is 13.0. The highest BCUT2D eigenvalue weighted by molar-refractivity contribution is 4.77. The molecular formula is C17H35N. The lowest BCUT2D eigenvalue weighted by molar-refractivity contribution is 0.329. The zero-order chi connectivity index (χ0) is 13.2. The van der Waals surface area contributed by atoms with Crippen LogP contribution in [0.1, 0.15) is 85.0 Å². The molecule has 0 saturated heterocycles. The quantitative estimate of drug-likeness (QED) is 0.466. The lowest BCUT2D eigenvalue weighted by atomic mass is 9.95. The molecule has 0 aromatic rings. The van der Waals surface area contributed by atoms with Crippen LogP contribution in [0.25, 0.3) is 0 Å². The standard InChI is InChI=1S/C17H35N/c1-4-5-6-8-11-15(2)14-18-17-13-10-7-9-12-16(17)3/h15-18H,4-14H2,1-3H3. The molecule has 18 heavy (non-hydrogen) atoms. The van der Waals surface area contributed by atoms with E-state index in [-0.39, 0.29) is 0 Å². The second-order valence-electron chi connectivity index (χ2n) is 6.58. The Morgan fingerprint density at radius 2 is 1.83 bits per heavy atom. The largest absolute Gasteiger partial charge is 0.313 e. The molecule has 3 unspecified atom stereocenters. The number of rotatable bonds is 8. The predicted molar refractivity (Wildman–Crippen MR) is 82.0 cm³/mol. The molecule has 1 N–H and O–H groups in total. The third-order valence-corrected chi connectivity index (χ3v) is 4.64. The summed E-state index contributed by atoms with van der Waals surface area (Å²) in [6.07, 6.45) is 14.2. The Hall–Kier alpha value is -0.0400. The van der Waals surface area contributed by atoms with Crippen molar-refractivity contribution in [2.45, 2.75) is 91.0 Å². The molecule has 0 aromatic heterocycles. The van der Waals surface area contributed by atoms with Gasteiger partial charge in [-0.1, -0.05) is 65.7 Å². The van der Waals surface area contributed by atoms with Gasteiger partial charge in [0.25, 0.3) is 0 Å². The van der Waals surface area contributed by atoms with Gasteiger partial charge in [0.1, 0.15) is 0 Å². The van der Waals surface area contributed by atoms with Gasteiger partial charge in [0.15, 0.2) is 0 Å². The van der Waals surface area contributed by atoms with E-state index in [1.54, 1.807) is 0 Å². The van der Waals surface area contributed by atoms with E-state index in [4.69, 9.17) is 0 Å². The lowest BCUT2D eigenvalue weighted by Crippen LogP contribution is -2.37. The van der Waals surface area contributed by atoms with Gasteiger partial charge in [-0.05, 0) is 37.6 Å². The molecule has 0 spiro atoms. The molecule has 0 amide bonds. The Morgan fingerprint density at radius 1 is 1.06 bits per heavy atom. The van der Waals surface area contributed by atoms with Crippen LogP contribution in [-0.4, -0.2) is 12.6 Å². The summed E-state index contributed by atoms with van der Waals surface area (Å²) in [4.78, 5) is 0. The zero-order valence-corrected chi connectivity index (χ0v) is 13.0. The molecule has 0 heterocycles. The summed E-state index contributed by atoms with van der Waals surface area (Å²) < 4.78 is 0. The van der Waals surface area contributed by atoms with Crippen LogP contribution in [0.5, 0.6) is 0 Å². The monoisotopic (exact) mass is 253 g/mol. The van der Waals surface area contributed by atoms with E-state index in [1.165, 1.54) is 70.8 Å². The minimum Gasteiger partial charge on any atom is -0.313 e. The van der Waals surface area contributed by atoms with Crippen molar-refractivity contribution in [2.24, 2.45) is 11.8 Å². The molecule has 1 nitrogen and oxygen atoms in total. The Kier molecular flexibility index (Phi) is 8.75. The van der Waals surface area contributed by atoms with Crippen molar-refractivity contribution in [3.63, 3.8) is 0 Å². The van der Waals surface area contributed by atoms with Crippen molar-refractivity contribution < 1.29 is 0 Å². The lowest BCUT2D eigenvalue weighted by Gasteiger charge is -2.25. The normalized spacial score (nSPS) is 26.8. The van der Waals surface area contributed by atoms with Crippen LogP contribution in [0.4, 0.5) is 0 Å². The summed E-state index contributed by atoms with van der Waals surface area (Å²) in [6, 6.07) is 0.797. The van der Waals surface area contributed by atoms with Gasteiger partial charge in [-0.3, -0.25) is 0 Å². The fourth-order valence-electron chi connectivity index (χ4n) is 3.17. The van der Waals surface area contributed by atoms with Crippen molar-refractivity contribution in [3.8, 4) is 0 Å². The average Bonchev–Trinajstić information content (AvgIpc) is 2.57. The van der Waals surface area contributed by atoms with Crippen molar-refractivity contribution in [1.82, 2.24) is 5.32 Å². The van der Waals surface area contributed by atoms with E-state index >= 15 is 0 Å². The SMILES string of the molecule is CCCCCCC(C)CNC1CCCCCC1C. The topological polar surface area (TPSA) is 12.0 Å². The second kappa shape index (κ2) is 9.83. The smallest absolute Gasteiger partial charge is 0.00928 e. The van der Waals surface area contributed by atoms with Crippen LogP contribution in [0.2, 0.25) is 0 Å². The van der Waals surface area contributed by atoms with Crippen LogP contribution in [0.15, 0.2) is 0 Å². The van der Waals surface area contributed by atoms with Crippen molar-refractivity contribution in [1.29, 1.82) is 0 Å². The van der Waals surface area contributed by atoms with Crippen LogP contribution in [0, 0.1) is 11.8 Å². The summed E-state index contributed by atoms with van der Waals surface area (Å²) in [5, 5.41) is 3.85. The maximum atomic E-state index is 3.85. The molecule has 0 bridgehead atoms. The van der Waals surface area contributed by atoms with Gasteiger partial charge in [-0.15, -0.1) is 0 Å². The number of unbranched alkanes of at least 4 members (excludes halogenated alkanes) is 3. The first kappa shape index (κ1) is 16.0. The Bertz CT molecular complexity index is 190. The van der Waals surface area contributed by atoms with E-state index in [0.29, 0.717) is 0 Å². The summed E-state index contributed by atoms with van der Waals surface area (Å²) in [5.41, 5.74) is 0. The van der Waals surface area contributed by atoms with Crippen molar-refractivity contribution in [3.05, 3.63) is 0 Å². The van der Waals surface area contributed by atoms with E-state index in [1.807, 2.05) is 0 Å². The summed E-state index contributed by atoms with van der Waals surface area (Å²) in [5.74, 6) is 1.75. The van der Waals surface area contributed by atoms with E-state index < -0.39 is 0 Å². The van der Waals surface area contributed by atoms with E-state index in [2.05, 4.69) is 26.1 Å². The fourth-order valence-corrected chi connectivity index (χ4v) is 3.17. The summed E-state index contributed by atoms with van der Waals surface area (Å²) >= 11 is 0. The number of hydrogen-bond donors (Lipinski definition) is 1. The first-order valence-electron chi connectivity index (χ1n) is 8.47. The third kappa shape index (κ3) is 6.78. The van der Waals surface area contributed by atoms with Crippen LogP contribution in [0.3, 0.4) is 0 Å². The minimum absolute atomic E-state index is 0.797. The molecular weight excluding hydrogens is 218 g/mol. The third-order valence-electron chi connectivity index (χ3n) is 4.64. The van der Waals surface area contributed by atoms with Crippen molar-refractivity contribution in [2.75, 3.05) is 6.54 Å². The van der Waals surface area contributed by atoms with Gasteiger partial charge >= 0.3 is 0 Å². The number of nitrogens with one attached hydrogen (secondary N) is 1. The highest BCUT2D eigenvalue weighted by Gasteiger charge is 2.19. The molecule has 1 rings (SSSR count). The number of hydrogen-bond acceptors (Lipinski definition) is 1. The Morgan fingerprint density at radius 3 is 2.61 bits per heavy atom. The molecule has 1 aliphatic rings. The van der Waals surface area contributed by atoms with E-state index in [9.17, 15) is 0 Å². The summed E-state index contributed by atoms with van der Waals surface area (Å²) in [6.45, 7) is 8.38. The van der Waals surface area contributed by atoms with E-state index in [0.717, 1.165) is 17.9 Å². The van der Waals surface area contributed by atoms with Gasteiger partial charge in [0.05, 0.1) is 0 Å². The molecule has 108 valence electrons. The molecule has 0 aromatic carbocycles. The fraction of sp³-hybridized carbons (Fsp3) is 1.00. The predicted octanol–water partition coefficient (Wildman–Crippen LogP) is 5.15. The highest BCUT2D eigenvalue weighted by Crippen LogP contribution is 2.23.